The van der Waals surface area contributed by atoms with E-state index >= 15 is 0 Å². The van der Waals surface area contributed by atoms with Crippen LogP contribution in [0.3, 0.4) is 0 Å². The summed E-state index contributed by atoms with van der Waals surface area (Å²) < 4.78 is 0.823. The Kier molecular flexibility index (Phi) is 7.36. The van der Waals surface area contributed by atoms with Crippen molar-refractivity contribution in [2.75, 3.05) is 36.4 Å². The molecule has 8 heteroatoms. The molecule has 0 unspecified atom stereocenters. The molecule has 1 aliphatic heterocycles. The normalized spacial score (nSPS) is 13.4. The van der Waals surface area contributed by atoms with E-state index in [4.69, 9.17) is 12.2 Å². The van der Waals surface area contributed by atoms with Crippen molar-refractivity contribution in [2.24, 2.45) is 0 Å². The number of nitrogens with zero attached hydrogens (tertiary/aromatic N) is 2. The maximum Gasteiger partial charge on any atom is 0.257 e. The Balaban J connectivity index is 1.38. The van der Waals surface area contributed by atoms with Gasteiger partial charge in [-0.2, -0.15) is 0 Å². The number of thiocarbonyl (C=S) groups is 1. The second-order valence-electron chi connectivity index (χ2n) is 7.58. The van der Waals surface area contributed by atoms with Crippen molar-refractivity contribution in [3.63, 3.8) is 0 Å². The molecule has 1 heterocycles. The number of para-hydroxylation sites is 2. The van der Waals surface area contributed by atoms with Gasteiger partial charge < -0.3 is 15.1 Å². The number of rotatable bonds is 4. The minimum Gasteiger partial charge on any atom is -0.366 e. The van der Waals surface area contributed by atoms with Crippen molar-refractivity contribution in [1.82, 2.24) is 10.2 Å². The topological polar surface area (TPSA) is 64.7 Å². The van der Waals surface area contributed by atoms with Gasteiger partial charge in [0.25, 0.3) is 11.8 Å². The maximum absolute atomic E-state index is 12.7. The number of nitrogens with one attached hydrogen (secondary N) is 2. The van der Waals surface area contributed by atoms with Crippen LogP contribution in [0, 0.1) is 0 Å². The molecule has 2 N–H and O–H groups in total. The molecule has 168 valence electrons. The van der Waals surface area contributed by atoms with Gasteiger partial charge >= 0.3 is 0 Å². The fraction of sp³-hybridized carbons (Fsp3) is 0.160. The fourth-order valence-corrected chi connectivity index (χ4v) is 4.33. The van der Waals surface area contributed by atoms with Gasteiger partial charge in [0.2, 0.25) is 0 Å². The van der Waals surface area contributed by atoms with Crippen molar-refractivity contribution < 1.29 is 9.59 Å². The predicted molar refractivity (Wildman–Crippen MR) is 139 cm³/mol. The highest BCUT2D eigenvalue weighted by Crippen LogP contribution is 2.27. The van der Waals surface area contributed by atoms with E-state index in [-0.39, 0.29) is 16.9 Å². The Morgan fingerprint density at radius 3 is 2.21 bits per heavy atom. The van der Waals surface area contributed by atoms with Crippen LogP contribution in [0.4, 0.5) is 11.4 Å². The van der Waals surface area contributed by atoms with Crippen molar-refractivity contribution in [3.05, 3.63) is 94.5 Å². The first-order valence-corrected chi connectivity index (χ1v) is 11.8. The summed E-state index contributed by atoms with van der Waals surface area (Å²) in [5, 5.41) is 6.11. The third-order valence-electron chi connectivity index (χ3n) is 5.39. The van der Waals surface area contributed by atoms with Crippen LogP contribution in [-0.2, 0) is 0 Å². The molecule has 6 nitrogen and oxygen atoms in total. The van der Waals surface area contributed by atoms with Crippen LogP contribution in [0.2, 0.25) is 0 Å². The highest BCUT2D eigenvalue weighted by molar-refractivity contribution is 9.10. The van der Waals surface area contributed by atoms with E-state index in [9.17, 15) is 9.59 Å². The van der Waals surface area contributed by atoms with Gasteiger partial charge in [-0.25, -0.2) is 0 Å². The molecule has 0 bridgehead atoms. The smallest absolute Gasteiger partial charge is 0.257 e. The summed E-state index contributed by atoms with van der Waals surface area (Å²) in [6, 6.07) is 24.3. The van der Waals surface area contributed by atoms with Crippen LogP contribution in [0.15, 0.2) is 83.3 Å². The molecule has 4 rings (SSSR count). The van der Waals surface area contributed by atoms with Crippen molar-refractivity contribution in [3.8, 4) is 0 Å². The van der Waals surface area contributed by atoms with Gasteiger partial charge in [-0.05, 0) is 54.7 Å². The molecule has 3 aromatic rings. The van der Waals surface area contributed by atoms with Gasteiger partial charge in [-0.15, -0.1) is 0 Å². The van der Waals surface area contributed by atoms with Crippen molar-refractivity contribution >= 4 is 56.4 Å². The number of carbonyl (C=O) groups excluding carboxylic acids is 2. The first-order chi connectivity index (χ1) is 16.0. The van der Waals surface area contributed by atoms with Gasteiger partial charge in [0, 0.05) is 41.8 Å². The number of piperazine rings is 1. The summed E-state index contributed by atoms with van der Waals surface area (Å²) >= 11 is 8.76. The quantitative estimate of drug-likeness (QED) is 0.492. The summed E-state index contributed by atoms with van der Waals surface area (Å²) in [7, 11) is 0. The van der Waals surface area contributed by atoms with Crippen LogP contribution >= 0.6 is 28.1 Å². The minimum atomic E-state index is -0.278. The third-order valence-corrected chi connectivity index (χ3v) is 6.09. The molecule has 1 fully saturated rings. The van der Waals surface area contributed by atoms with Crippen LogP contribution in [0.25, 0.3) is 0 Å². The molecular formula is C25H23BrN4O2S. The molecule has 2 amide bonds. The van der Waals surface area contributed by atoms with Crippen LogP contribution < -0.4 is 15.5 Å². The molecule has 0 aromatic heterocycles. The van der Waals surface area contributed by atoms with Gasteiger partial charge in [0.05, 0.1) is 11.4 Å². The first kappa shape index (κ1) is 22.9. The average molecular weight is 523 g/mol. The molecule has 0 aliphatic carbocycles. The number of amides is 2. The Labute approximate surface area is 206 Å². The largest absolute Gasteiger partial charge is 0.366 e. The lowest BCUT2D eigenvalue weighted by Gasteiger charge is -2.37. The average Bonchev–Trinajstić information content (AvgIpc) is 2.84. The lowest BCUT2D eigenvalue weighted by Crippen LogP contribution is -2.49. The molecule has 0 spiro atoms. The van der Waals surface area contributed by atoms with Crippen molar-refractivity contribution in [1.29, 1.82) is 0 Å². The van der Waals surface area contributed by atoms with E-state index in [2.05, 4.69) is 31.5 Å². The Hall–Kier alpha value is -3.23. The van der Waals surface area contributed by atoms with Gasteiger partial charge in [0.1, 0.15) is 0 Å². The lowest BCUT2D eigenvalue weighted by molar-refractivity contribution is 0.0746. The Morgan fingerprint density at radius 2 is 1.48 bits per heavy atom. The van der Waals surface area contributed by atoms with Gasteiger partial charge in [-0.1, -0.05) is 52.3 Å². The summed E-state index contributed by atoms with van der Waals surface area (Å²) in [6.45, 7) is 2.67. The second-order valence-corrected chi connectivity index (χ2v) is 8.90. The zero-order valence-corrected chi connectivity index (χ0v) is 20.2. The highest BCUT2D eigenvalue weighted by atomic mass is 79.9. The molecule has 1 saturated heterocycles. The van der Waals surface area contributed by atoms with Gasteiger partial charge in [0.15, 0.2) is 5.11 Å². The number of benzene rings is 3. The van der Waals surface area contributed by atoms with E-state index < -0.39 is 0 Å². The van der Waals surface area contributed by atoms with Crippen LogP contribution in [0.1, 0.15) is 20.7 Å². The summed E-state index contributed by atoms with van der Waals surface area (Å²) in [5.74, 6) is -0.225. The molecule has 0 atom stereocenters. The van der Waals surface area contributed by atoms with E-state index in [1.54, 1.807) is 18.2 Å². The fourth-order valence-electron chi connectivity index (χ4n) is 3.73. The monoisotopic (exact) mass is 522 g/mol. The molecular weight excluding hydrogens is 500 g/mol. The van der Waals surface area contributed by atoms with Crippen LogP contribution in [-0.4, -0.2) is 48.0 Å². The van der Waals surface area contributed by atoms with E-state index in [0.717, 1.165) is 15.8 Å². The molecule has 0 radical (unpaired) electrons. The summed E-state index contributed by atoms with van der Waals surface area (Å²) in [6.07, 6.45) is 0. The predicted octanol–water partition coefficient (Wildman–Crippen LogP) is 4.54. The Bertz CT molecular complexity index is 1160. The number of hydrogen-bond donors (Lipinski definition) is 2. The number of hydrogen-bond acceptors (Lipinski definition) is 4. The zero-order valence-electron chi connectivity index (χ0n) is 17.8. The molecule has 3 aromatic carbocycles. The summed E-state index contributed by atoms with van der Waals surface area (Å²) in [5.41, 5.74) is 3.00. The van der Waals surface area contributed by atoms with E-state index in [0.29, 0.717) is 37.3 Å². The van der Waals surface area contributed by atoms with E-state index in [1.165, 1.54) is 0 Å². The lowest BCUT2D eigenvalue weighted by atomic mass is 10.1. The number of anilines is 2. The number of carbonyl (C=O) groups is 2. The SMILES string of the molecule is O=C(NC(=S)Nc1ccccc1N1CCN(C(=O)c2ccccc2)CC1)c1cccc(Br)c1. The Morgan fingerprint density at radius 1 is 0.818 bits per heavy atom. The summed E-state index contributed by atoms with van der Waals surface area (Å²) in [4.78, 5) is 29.3. The highest BCUT2D eigenvalue weighted by Gasteiger charge is 2.23. The molecule has 0 saturated carbocycles. The molecule has 33 heavy (non-hydrogen) atoms. The van der Waals surface area contributed by atoms with E-state index in [1.807, 2.05) is 65.6 Å². The standard InChI is InChI=1S/C25H23BrN4O2S/c26-20-10-6-9-19(17-20)23(31)28-25(33)27-21-11-4-5-12-22(21)29-13-15-30(16-14-29)24(32)18-7-2-1-3-8-18/h1-12,17H,13-16H2,(H2,27,28,31,33). The van der Waals surface area contributed by atoms with Gasteiger partial charge in [-0.3, -0.25) is 14.9 Å². The zero-order chi connectivity index (χ0) is 23.2. The minimum absolute atomic E-state index is 0.0538. The second kappa shape index (κ2) is 10.6. The maximum atomic E-state index is 12.7. The molecule has 1 aliphatic rings. The third kappa shape index (κ3) is 5.77. The van der Waals surface area contributed by atoms with Crippen LogP contribution in [0.5, 0.6) is 0 Å². The van der Waals surface area contributed by atoms with Crippen molar-refractivity contribution in [2.45, 2.75) is 0 Å². The first-order valence-electron chi connectivity index (χ1n) is 10.6. The number of halogens is 1.